The Balaban J connectivity index is 1.90. The van der Waals surface area contributed by atoms with Crippen molar-refractivity contribution in [2.24, 2.45) is 0 Å². The topological polar surface area (TPSA) is 48.5 Å². The predicted molar refractivity (Wildman–Crippen MR) is 65.5 cm³/mol. The number of rotatable bonds is 2. The Morgan fingerprint density at radius 2 is 2.29 bits per heavy atom. The van der Waals surface area contributed by atoms with E-state index < -0.39 is 0 Å². The summed E-state index contributed by atoms with van der Waals surface area (Å²) in [6.45, 7) is 3.95. The first kappa shape index (κ1) is 11.9. The number of nitrogens with zero attached hydrogens (tertiary/aromatic N) is 3. The van der Waals surface area contributed by atoms with Gasteiger partial charge in [-0.2, -0.15) is 0 Å². The number of hydrogen-bond donors (Lipinski definition) is 1. The smallest absolute Gasteiger partial charge is 0.320 e. The molecule has 1 saturated heterocycles. The highest BCUT2D eigenvalue weighted by atomic mass is 16.2. The van der Waals surface area contributed by atoms with Gasteiger partial charge in [0.1, 0.15) is 0 Å². The number of amides is 2. The van der Waals surface area contributed by atoms with E-state index in [1.807, 2.05) is 24.1 Å². The summed E-state index contributed by atoms with van der Waals surface area (Å²) in [5.74, 6) is 0. The van der Waals surface area contributed by atoms with Crippen LogP contribution in [0.4, 0.5) is 4.79 Å². The Morgan fingerprint density at radius 3 is 2.94 bits per heavy atom. The Bertz CT molecular complexity index is 362. The average molecular weight is 234 g/mol. The summed E-state index contributed by atoms with van der Waals surface area (Å²) in [7, 11) is 1.83. The van der Waals surface area contributed by atoms with Gasteiger partial charge in [0, 0.05) is 52.2 Å². The van der Waals surface area contributed by atoms with Gasteiger partial charge >= 0.3 is 6.03 Å². The van der Waals surface area contributed by atoms with E-state index >= 15 is 0 Å². The van der Waals surface area contributed by atoms with Crippen molar-refractivity contribution in [3.05, 3.63) is 30.1 Å². The minimum atomic E-state index is 0.0929. The van der Waals surface area contributed by atoms with E-state index in [2.05, 4.69) is 10.3 Å². The van der Waals surface area contributed by atoms with Gasteiger partial charge in [-0.05, 0) is 11.6 Å². The zero-order chi connectivity index (χ0) is 12.1. The molecular formula is C12H18N4O. The molecule has 0 unspecified atom stereocenters. The maximum atomic E-state index is 12.1. The molecule has 5 heteroatoms. The first-order valence-corrected chi connectivity index (χ1v) is 5.87. The van der Waals surface area contributed by atoms with Gasteiger partial charge in [-0.1, -0.05) is 6.07 Å². The number of hydrogen-bond acceptors (Lipinski definition) is 3. The molecule has 1 aromatic heterocycles. The molecule has 5 nitrogen and oxygen atoms in total. The molecule has 0 saturated carbocycles. The SMILES string of the molecule is CN(Cc1cccnc1)C(=O)N1CCNCC1. The molecule has 2 amide bonds. The van der Waals surface area contributed by atoms with Crippen LogP contribution in [0, 0.1) is 0 Å². The Morgan fingerprint density at radius 1 is 1.53 bits per heavy atom. The van der Waals surface area contributed by atoms with Crippen LogP contribution >= 0.6 is 0 Å². The van der Waals surface area contributed by atoms with E-state index in [9.17, 15) is 4.79 Å². The molecule has 0 spiro atoms. The third-order valence-corrected chi connectivity index (χ3v) is 2.86. The van der Waals surface area contributed by atoms with Crippen molar-refractivity contribution in [1.82, 2.24) is 20.1 Å². The van der Waals surface area contributed by atoms with Gasteiger partial charge in [-0.3, -0.25) is 4.98 Å². The fraction of sp³-hybridized carbons (Fsp3) is 0.500. The van der Waals surface area contributed by atoms with Crippen molar-refractivity contribution in [3.63, 3.8) is 0 Å². The normalized spacial score (nSPS) is 15.7. The van der Waals surface area contributed by atoms with E-state index in [1.165, 1.54) is 0 Å². The van der Waals surface area contributed by atoms with Crippen LogP contribution in [0.3, 0.4) is 0 Å². The van der Waals surface area contributed by atoms with Gasteiger partial charge in [0.15, 0.2) is 0 Å². The maximum Gasteiger partial charge on any atom is 0.320 e. The highest BCUT2D eigenvalue weighted by Crippen LogP contribution is 2.05. The van der Waals surface area contributed by atoms with Crippen LogP contribution in [-0.4, -0.2) is 54.0 Å². The molecule has 0 aliphatic carbocycles. The number of nitrogens with one attached hydrogen (secondary N) is 1. The number of urea groups is 1. The van der Waals surface area contributed by atoms with E-state index in [0.29, 0.717) is 6.54 Å². The first-order valence-electron chi connectivity index (χ1n) is 5.87. The lowest BCUT2D eigenvalue weighted by Gasteiger charge is -2.31. The molecule has 1 aliphatic rings. The van der Waals surface area contributed by atoms with Gasteiger partial charge in [-0.15, -0.1) is 0 Å². The molecule has 1 aliphatic heterocycles. The van der Waals surface area contributed by atoms with Crippen molar-refractivity contribution in [3.8, 4) is 0 Å². The zero-order valence-electron chi connectivity index (χ0n) is 10.1. The lowest BCUT2D eigenvalue weighted by molar-refractivity contribution is 0.154. The number of piperazine rings is 1. The van der Waals surface area contributed by atoms with Crippen molar-refractivity contribution >= 4 is 6.03 Å². The van der Waals surface area contributed by atoms with Crippen LogP contribution in [0.5, 0.6) is 0 Å². The van der Waals surface area contributed by atoms with Gasteiger partial charge < -0.3 is 15.1 Å². The molecule has 2 rings (SSSR count). The molecule has 0 bridgehead atoms. The second kappa shape index (κ2) is 5.63. The fourth-order valence-corrected chi connectivity index (χ4v) is 1.93. The molecule has 1 aromatic rings. The van der Waals surface area contributed by atoms with E-state index in [4.69, 9.17) is 0 Å². The maximum absolute atomic E-state index is 12.1. The Kier molecular flexibility index (Phi) is 3.93. The van der Waals surface area contributed by atoms with Gasteiger partial charge in [-0.25, -0.2) is 4.79 Å². The number of pyridine rings is 1. The third kappa shape index (κ3) is 3.17. The summed E-state index contributed by atoms with van der Waals surface area (Å²) in [5, 5.41) is 3.24. The van der Waals surface area contributed by atoms with Crippen LogP contribution < -0.4 is 5.32 Å². The fourth-order valence-electron chi connectivity index (χ4n) is 1.93. The van der Waals surface area contributed by atoms with Crippen molar-refractivity contribution < 1.29 is 4.79 Å². The zero-order valence-corrected chi connectivity index (χ0v) is 10.1. The molecule has 2 heterocycles. The lowest BCUT2D eigenvalue weighted by atomic mass is 10.3. The van der Waals surface area contributed by atoms with Crippen LogP contribution in [0.1, 0.15) is 5.56 Å². The second-order valence-electron chi connectivity index (χ2n) is 4.24. The molecule has 0 aromatic carbocycles. The summed E-state index contributed by atoms with van der Waals surface area (Å²) >= 11 is 0. The highest BCUT2D eigenvalue weighted by molar-refractivity contribution is 5.74. The lowest BCUT2D eigenvalue weighted by Crippen LogP contribution is -2.50. The number of aromatic nitrogens is 1. The predicted octanol–water partition coefficient (Wildman–Crippen LogP) is 0.539. The molecule has 0 radical (unpaired) electrons. The summed E-state index contributed by atoms with van der Waals surface area (Å²) in [4.78, 5) is 19.8. The molecular weight excluding hydrogens is 216 g/mol. The van der Waals surface area contributed by atoms with E-state index in [0.717, 1.165) is 31.7 Å². The van der Waals surface area contributed by atoms with Gasteiger partial charge in [0.2, 0.25) is 0 Å². The van der Waals surface area contributed by atoms with E-state index in [-0.39, 0.29) is 6.03 Å². The number of carbonyl (C=O) groups is 1. The highest BCUT2D eigenvalue weighted by Gasteiger charge is 2.19. The standard InChI is InChI=1S/C12H18N4O/c1-15(10-11-3-2-4-14-9-11)12(17)16-7-5-13-6-8-16/h2-4,9,13H,5-8,10H2,1H3. The largest absolute Gasteiger partial charge is 0.323 e. The second-order valence-corrected chi connectivity index (χ2v) is 4.24. The minimum Gasteiger partial charge on any atom is -0.323 e. The van der Waals surface area contributed by atoms with Crippen LogP contribution in [-0.2, 0) is 6.54 Å². The summed E-state index contributed by atoms with van der Waals surface area (Å²) in [6.07, 6.45) is 3.53. The van der Waals surface area contributed by atoms with Crippen LogP contribution in [0.15, 0.2) is 24.5 Å². The summed E-state index contributed by atoms with van der Waals surface area (Å²) < 4.78 is 0. The van der Waals surface area contributed by atoms with Crippen molar-refractivity contribution in [1.29, 1.82) is 0 Å². The third-order valence-electron chi connectivity index (χ3n) is 2.86. The summed E-state index contributed by atoms with van der Waals surface area (Å²) in [6, 6.07) is 3.96. The van der Waals surface area contributed by atoms with Crippen molar-refractivity contribution in [2.45, 2.75) is 6.54 Å². The molecule has 92 valence electrons. The molecule has 17 heavy (non-hydrogen) atoms. The minimum absolute atomic E-state index is 0.0929. The Labute approximate surface area is 101 Å². The number of carbonyl (C=O) groups excluding carboxylic acids is 1. The molecule has 1 fully saturated rings. The van der Waals surface area contributed by atoms with E-state index in [1.54, 1.807) is 17.3 Å². The monoisotopic (exact) mass is 234 g/mol. The van der Waals surface area contributed by atoms with Gasteiger partial charge in [0.05, 0.1) is 0 Å². The first-order chi connectivity index (χ1) is 8.27. The Hall–Kier alpha value is -1.62. The molecule has 0 atom stereocenters. The van der Waals surface area contributed by atoms with Crippen molar-refractivity contribution in [2.75, 3.05) is 33.2 Å². The van der Waals surface area contributed by atoms with Gasteiger partial charge in [0.25, 0.3) is 0 Å². The quantitative estimate of drug-likeness (QED) is 0.812. The molecule has 1 N–H and O–H groups in total. The van der Waals surface area contributed by atoms with Crippen LogP contribution in [0.2, 0.25) is 0 Å². The average Bonchev–Trinajstić information content (AvgIpc) is 2.40. The van der Waals surface area contributed by atoms with Crippen LogP contribution in [0.25, 0.3) is 0 Å². The summed E-state index contributed by atoms with van der Waals surface area (Å²) in [5.41, 5.74) is 1.05.